The minimum atomic E-state index is -0.935. The number of benzene rings is 1. The van der Waals surface area contributed by atoms with Gasteiger partial charge in [-0.1, -0.05) is 0 Å². The molecule has 24 heavy (non-hydrogen) atoms. The maximum atomic E-state index is 12.2. The lowest BCUT2D eigenvalue weighted by Gasteiger charge is -2.14. The lowest BCUT2D eigenvalue weighted by molar-refractivity contribution is -0.390. The van der Waals surface area contributed by atoms with E-state index in [1.165, 1.54) is 13.0 Å². The van der Waals surface area contributed by atoms with Crippen molar-refractivity contribution in [2.45, 2.75) is 20.0 Å². The van der Waals surface area contributed by atoms with Crippen molar-refractivity contribution < 1.29 is 19.2 Å². The van der Waals surface area contributed by atoms with Crippen LogP contribution in [0.5, 0.6) is 11.5 Å². The quantitative estimate of drug-likeness (QED) is 0.645. The molecular weight excluding hydrogens is 314 g/mol. The van der Waals surface area contributed by atoms with E-state index in [2.05, 4.69) is 10.3 Å². The smallest absolute Gasteiger partial charge is 0.406 e. The van der Waals surface area contributed by atoms with Gasteiger partial charge in [0.1, 0.15) is 11.4 Å². The highest BCUT2D eigenvalue weighted by Crippen LogP contribution is 2.25. The van der Waals surface area contributed by atoms with Crippen LogP contribution in [0.3, 0.4) is 0 Å². The molecule has 0 aliphatic heterocycles. The Morgan fingerprint density at radius 1 is 1.25 bits per heavy atom. The van der Waals surface area contributed by atoms with Crippen molar-refractivity contribution in [1.82, 2.24) is 4.98 Å². The van der Waals surface area contributed by atoms with Crippen LogP contribution in [0.15, 0.2) is 36.4 Å². The third-order valence-electron chi connectivity index (χ3n) is 3.18. The Kier molecular flexibility index (Phi) is 5.31. The van der Waals surface area contributed by atoms with Crippen LogP contribution in [-0.2, 0) is 4.79 Å². The van der Waals surface area contributed by atoms with Crippen molar-refractivity contribution in [3.63, 3.8) is 0 Å². The van der Waals surface area contributed by atoms with E-state index in [0.29, 0.717) is 17.1 Å². The van der Waals surface area contributed by atoms with Crippen molar-refractivity contribution in [3.05, 3.63) is 52.2 Å². The number of carbonyl (C=O) groups is 1. The summed E-state index contributed by atoms with van der Waals surface area (Å²) in [6, 6.07) is 9.78. The van der Waals surface area contributed by atoms with Crippen molar-refractivity contribution in [1.29, 1.82) is 0 Å². The molecule has 0 saturated heterocycles. The highest BCUT2D eigenvalue weighted by atomic mass is 16.6. The molecule has 2 aromatic rings. The molecule has 1 atom stereocenters. The fourth-order valence-corrected chi connectivity index (χ4v) is 1.92. The van der Waals surface area contributed by atoms with E-state index in [4.69, 9.17) is 9.47 Å². The Morgan fingerprint density at radius 2 is 1.92 bits per heavy atom. The maximum absolute atomic E-state index is 12.2. The SMILES string of the molecule is COc1ccc(NC(=O)[C@H](C)Oc2ccc(C)nc2[N+](=O)[O-])cc1. The van der Waals surface area contributed by atoms with E-state index in [-0.39, 0.29) is 5.75 Å². The molecule has 0 saturated carbocycles. The molecule has 0 spiro atoms. The normalized spacial score (nSPS) is 11.5. The fourth-order valence-electron chi connectivity index (χ4n) is 1.92. The highest BCUT2D eigenvalue weighted by molar-refractivity contribution is 5.94. The Labute approximate surface area is 138 Å². The molecule has 0 aliphatic rings. The summed E-state index contributed by atoms with van der Waals surface area (Å²) in [5.41, 5.74) is 1.05. The third kappa shape index (κ3) is 4.19. The number of amides is 1. The molecule has 1 amide bonds. The van der Waals surface area contributed by atoms with Crippen LogP contribution in [0.2, 0.25) is 0 Å². The molecule has 0 fully saturated rings. The monoisotopic (exact) mass is 331 g/mol. The van der Waals surface area contributed by atoms with Crippen molar-refractivity contribution >= 4 is 17.4 Å². The summed E-state index contributed by atoms with van der Waals surface area (Å²) >= 11 is 0. The van der Waals surface area contributed by atoms with E-state index >= 15 is 0 Å². The second-order valence-electron chi connectivity index (χ2n) is 5.01. The topological polar surface area (TPSA) is 104 Å². The molecule has 0 unspecified atom stereocenters. The van der Waals surface area contributed by atoms with Gasteiger partial charge < -0.3 is 24.9 Å². The summed E-state index contributed by atoms with van der Waals surface area (Å²) in [6.45, 7) is 3.14. The Morgan fingerprint density at radius 3 is 2.50 bits per heavy atom. The van der Waals surface area contributed by atoms with Gasteiger partial charge in [-0.3, -0.25) is 4.79 Å². The third-order valence-corrected chi connectivity index (χ3v) is 3.18. The van der Waals surface area contributed by atoms with E-state index in [1.807, 2.05) is 0 Å². The number of carbonyl (C=O) groups excluding carboxylic acids is 1. The number of methoxy groups -OCH3 is 1. The van der Waals surface area contributed by atoms with Crippen molar-refractivity contribution in [2.24, 2.45) is 0 Å². The number of pyridine rings is 1. The van der Waals surface area contributed by atoms with Crippen LogP contribution in [0.1, 0.15) is 12.6 Å². The highest BCUT2D eigenvalue weighted by Gasteiger charge is 2.22. The summed E-state index contributed by atoms with van der Waals surface area (Å²) < 4.78 is 10.4. The van der Waals surface area contributed by atoms with Gasteiger partial charge in [-0.2, -0.15) is 0 Å². The average molecular weight is 331 g/mol. The van der Waals surface area contributed by atoms with Gasteiger partial charge in [0.2, 0.25) is 5.75 Å². The average Bonchev–Trinajstić information content (AvgIpc) is 2.56. The maximum Gasteiger partial charge on any atom is 0.406 e. The molecule has 0 aliphatic carbocycles. The molecule has 2 rings (SSSR count). The summed E-state index contributed by atoms with van der Waals surface area (Å²) in [4.78, 5) is 26.4. The van der Waals surface area contributed by atoms with E-state index in [1.54, 1.807) is 44.4 Å². The lowest BCUT2D eigenvalue weighted by atomic mass is 10.2. The molecule has 0 bridgehead atoms. The largest absolute Gasteiger partial charge is 0.497 e. The number of nitrogens with one attached hydrogen (secondary N) is 1. The van der Waals surface area contributed by atoms with Crippen LogP contribution in [0.25, 0.3) is 0 Å². The first-order valence-electron chi connectivity index (χ1n) is 7.14. The summed E-state index contributed by atoms with van der Waals surface area (Å²) in [6.07, 6.45) is -0.935. The standard InChI is InChI=1S/C16H17N3O5/c1-10-4-9-14(15(17-10)19(21)22)24-11(2)16(20)18-12-5-7-13(23-3)8-6-12/h4-9,11H,1-3H3,(H,18,20)/t11-/m0/s1. The predicted octanol–water partition coefficient (Wildman–Crippen LogP) is 2.71. The fraction of sp³-hybridized carbons (Fsp3) is 0.250. The summed E-state index contributed by atoms with van der Waals surface area (Å²) in [5.74, 6) is -0.240. The molecule has 8 heteroatoms. The molecule has 0 radical (unpaired) electrons. The Balaban J connectivity index is 2.07. The number of hydrogen-bond acceptors (Lipinski definition) is 6. The number of ether oxygens (including phenoxy) is 2. The minimum Gasteiger partial charge on any atom is -0.497 e. The number of nitro groups is 1. The Hall–Kier alpha value is -3.16. The number of anilines is 1. The van der Waals surface area contributed by atoms with Crippen LogP contribution < -0.4 is 14.8 Å². The van der Waals surface area contributed by atoms with Gasteiger partial charge in [0, 0.05) is 12.6 Å². The van der Waals surface area contributed by atoms with Gasteiger partial charge in [-0.25, -0.2) is 0 Å². The zero-order chi connectivity index (χ0) is 17.7. The first kappa shape index (κ1) is 17.2. The van der Waals surface area contributed by atoms with Crippen LogP contribution in [-0.4, -0.2) is 29.0 Å². The molecular formula is C16H17N3O5. The summed E-state index contributed by atoms with van der Waals surface area (Å²) in [5, 5.41) is 13.7. The van der Waals surface area contributed by atoms with Crippen molar-refractivity contribution in [3.8, 4) is 11.5 Å². The number of nitrogens with zero attached hydrogens (tertiary/aromatic N) is 2. The van der Waals surface area contributed by atoms with Crippen LogP contribution >= 0.6 is 0 Å². The predicted molar refractivity (Wildman–Crippen MR) is 87.3 cm³/mol. The molecule has 1 aromatic carbocycles. The van der Waals surface area contributed by atoms with Gasteiger partial charge in [0.05, 0.1) is 7.11 Å². The zero-order valence-electron chi connectivity index (χ0n) is 13.5. The van der Waals surface area contributed by atoms with Gasteiger partial charge in [-0.05, 0) is 53.2 Å². The van der Waals surface area contributed by atoms with Crippen LogP contribution in [0.4, 0.5) is 11.5 Å². The first-order chi connectivity index (χ1) is 11.4. The zero-order valence-corrected chi connectivity index (χ0v) is 13.5. The van der Waals surface area contributed by atoms with Gasteiger partial charge in [-0.15, -0.1) is 0 Å². The molecule has 1 N–H and O–H groups in total. The number of hydrogen-bond donors (Lipinski definition) is 1. The molecule has 126 valence electrons. The Bertz CT molecular complexity index is 746. The van der Waals surface area contributed by atoms with Gasteiger partial charge >= 0.3 is 5.82 Å². The van der Waals surface area contributed by atoms with Crippen LogP contribution in [0, 0.1) is 17.0 Å². The van der Waals surface area contributed by atoms with E-state index in [0.717, 1.165) is 0 Å². The van der Waals surface area contributed by atoms with E-state index < -0.39 is 22.8 Å². The second-order valence-corrected chi connectivity index (χ2v) is 5.01. The summed E-state index contributed by atoms with van der Waals surface area (Å²) in [7, 11) is 1.55. The lowest BCUT2D eigenvalue weighted by Crippen LogP contribution is -2.30. The number of aromatic nitrogens is 1. The van der Waals surface area contributed by atoms with Crippen molar-refractivity contribution in [2.75, 3.05) is 12.4 Å². The molecule has 8 nitrogen and oxygen atoms in total. The van der Waals surface area contributed by atoms with Gasteiger partial charge in [0.15, 0.2) is 6.10 Å². The first-order valence-corrected chi connectivity index (χ1v) is 7.14. The second kappa shape index (κ2) is 7.40. The molecule has 1 heterocycles. The van der Waals surface area contributed by atoms with E-state index in [9.17, 15) is 14.9 Å². The molecule has 1 aromatic heterocycles. The number of rotatable bonds is 6. The van der Waals surface area contributed by atoms with Gasteiger partial charge in [0.25, 0.3) is 5.91 Å². The number of aryl methyl sites for hydroxylation is 1. The minimum absolute atomic E-state index is 0.0528.